The molecular formula is C13H26ClNS. The monoisotopic (exact) mass is 263 g/mol. The zero-order valence-corrected chi connectivity index (χ0v) is 12.1. The van der Waals surface area contributed by atoms with Crippen LogP contribution in [0.25, 0.3) is 0 Å². The fourth-order valence-electron chi connectivity index (χ4n) is 2.46. The first-order chi connectivity index (χ1) is 7.83. The van der Waals surface area contributed by atoms with Gasteiger partial charge in [-0.05, 0) is 42.7 Å². The minimum absolute atomic E-state index is 0.414. The molecule has 1 rings (SSSR count). The largest absolute Gasteiger partial charge is 0.316 e. The molecule has 3 heteroatoms. The zero-order valence-electron chi connectivity index (χ0n) is 10.6. The Morgan fingerprint density at radius 1 is 1.25 bits per heavy atom. The van der Waals surface area contributed by atoms with Crippen molar-refractivity contribution >= 4 is 23.4 Å². The van der Waals surface area contributed by atoms with Crippen LogP contribution in [0.5, 0.6) is 0 Å². The van der Waals surface area contributed by atoms with Gasteiger partial charge in [0.05, 0.1) is 0 Å². The topological polar surface area (TPSA) is 12.0 Å². The van der Waals surface area contributed by atoms with Crippen molar-refractivity contribution in [2.45, 2.75) is 45.4 Å². The summed E-state index contributed by atoms with van der Waals surface area (Å²) in [6.07, 6.45) is 8.10. The summed E-state index contributed by atoms with van der Waals surface area (Å²) in [5, 5.41) is 3.61. The van der Waals surface area contributed by atoms with Gasteiger partial charge in [0, 0.05) is 12.4 Å². The van der Waals surface area contributed by atoms with E-state index in [1.807, 2.05) is 11.8 Å². The highest BCUT2D eigenvalue weighted by molar-refractivity contribution is 7.99. The van der Waals surface area contributed by atoms with E-state index in [1.165, 1.54) is 50.0 Å². The molecule has 0 saturated heterocycles. The first kappa shape index (κ1) is 14.7. The molecule has 0 aromatic carbocycles. The molecule has 0 amide bonds. The number of rotatable bonds is 8. The standard InChI is InChI=1S/C13H26ClNS/c1-2-16-10-6-9-15-12-13(11-14)7-4-3-5-8-13/h15H,2-12H2,1H3. The average molecular weight is 264 g/mol. The smallest absolute Gasteiger partial charge is 0.0292 e. The zero-order chi connectivity index (χ0) is 11.7. The van der Waals surface area contributed by atoms with E-state index in [0.717, 1.165) is 19.0 Å². The van der Waals surface area contributed by atoms with Gasteiger partial charge in [-0.25, -0.2) is 0 Å². The summed E-state index contributed by atoms with van der Waals surface area (Å²) in [5.41, 5.74) is 0.414. The summed E-state index contributed by atoms with van der Waals surface area (Å²) in [7, 11) is 0. The predicted octanol–water partition coefficient (Wildman–Crippen LogP) is 3.91. The Hall–Kier alpha value is 0.600. The number of halogens is 1. The van der Waals surface area contributed by atoms with Gasteiger partial charge in [-0.3, -0.25) is 0 Å². The highest BCUT2D eigenvalue weighted by Gasteiger charge is 2.30. The molecule has 1 aliphatic carbocycles. The number of thioether (sulfide) groups is 1. The lowest BCUT2D eigenvalue weighted by Gasteiger charge is -2.35. The highest BCUT2D eigenvalue weighted by atomic mass is 35.5. The molecule has 0 aromatic rings. The molecular weight excluding hydrogens is 238 g/mol. The molecule has 0 bridgehead atoms. The summed E-state index contributed by atoms with van der Waals surface area (Å²) < 4.78 is 0. The van der Waals surface area contributed by atoms with E-state index in [-0.39, 0.29) is 0 Å². The maximum absolute atomic E-state index is 6.16. The van der Waals surface area contributed by atoms with Crippen molar-refractivity contribution in [3.05, 3.63) is 0 Å². The number of hydrogen-bond acceptors (Lipinski definition) is 2. The van der Waals surface area contributed by atoms with Crippen LogP contribution in [0.4, 0.5) is 0 Å². The van der Waals surface area contributed by atoms with Crippen LogP contribution in [0.2, 0.25) is 0 Å². The Balaban J connectivity index is 2.08. The van der Waals surface area contributed by atoms with Gasteiger partial charge in [-0.15, -0.1) is 11.6 Å². The van der Waals surface area contributed by atoms with Crippen molar-refractivity contribution in [2.24, 2.45) is 5.41 Å². The second kappa shape index (κ2) is 8.66. The van der Waals surface area contributed by atoms with Gasteiger partial charge in [0.15, 0.2) is 0 Å². The molecule has 1 nitrogen and oxygen atoms in total. The molecule has 0 aromatic heterocycles. The van der Waals surface area contributed by atoms with Crippen LogP contribution >= 0.6 is 23.4 Å². The quantitative estimate of drug-likeness (QED) is 0.526. The van der Waals surface area contributed by atoms with E-state index in [9.17, 15) is 0 Å². The number of nitrogens with one attached hydrogen (secondary N) is 1. The molecule has 1 aliphatic rings. The molecule has 0 spiro atoms. The maximum Gasteiger partial charge on any atom is 0.0292 e. The van der Waals surface area contributed by atoms with Gasteiger partial charge < -0.3 is 5.32 Å². The SMILES string of the molecule is CCSCCCNCC1(CCl)CCCCC1. The van der Waals surface area contributed by atoms with Gasteiger partial charge >= 0.3 is 0 Å². The highest BCUT2D eigenvalue weighted by Crippen LogP contribution is 2.36. The second-order valence-corrected chi connectivity index (χ2v) is 6.58. The summed E-state index contributed by atoms with van der Waals surface area (Å²) in [6, 6.07) is 0. The molecule has 0 atom stereocenters. The van der Waals surface area contributed by atoms with Crippen molar-refractivity contribution in [1.29, 1.82) is 0 Å². The molecule has 1 fully saturated rings. The normalized spacial score (nSPS) is 19.9. The Kier molecular flexibility index (Phi) is 7.93. The minimum Gasteiger partial charge on any atom is -0.316 e. The second-order valence-electron chi connectivity index (χ2n) is 4.92. The summed E-state index contributed by atoms with van der Waals surface area (Å²) >= 11 is 8.19. The predicted molar refractivity (Wildman–Crippen MR) is 76.7 cm³/mol. The molecule has 0 aliphatic heterocycles. The first-order valence-electron chi connectivity index (χ1n) is 6.67. The Morgan fingerprint density at radius 2 is 2.00 bits per heavy atom. The van der Waals surface area contributed by atoms with Gasteiger partial charge in [-0.2, -0.15) is 11.8 Å². The third kappa shape index (κ3) is 5.29. The van der Waals surface area contributed by atoms with Gasteiger partial charge in [0.1, 0.15) is 0 Å². The van der Waals surface area contributed by atoms with Crippen LogP contribution < -0.4 is 5.32 Å². The number of alkyl halides is 1. The molecule has 0 radical (unpaired) electrons. The molecule has 0 unspecified atom stereocenters. The minimum atomic E-state index is 0.414. The fraction of sp³-hybridized carbons (Fsp3) is 1.00. The van der Waals surface area contributed by atoms with Crippen LogP contribution in [0, 0.1) is 5.41 Å². The van der Waals surface area contributed by atoms with Crippen molar-refractivity contribution in [3.63, 3.8) is 0 Å². The van der Waals surface area contributed by atoms with Crippen LogP contribution in [-0.4, -0.2) is 30.5 Å². The van der Waals surface area contributed by atoms with Crippen molar-refractivity contribution in [2.75, 3.05) is 30.5 Å². The third-order valence-electron chi connectivity index (χ3n) is 3.54. The Morgan fingerprint density at radius 3 is 2.62 bits per heavy atom. The van der Waals surface area contributed by atoms with Crippen molar-refractivity contribution in [1.82, 2.24) is 5.32 Å². The van der Waals surface area contributed by atoms with Gasteiger partial charge in [0.25, 0.3) is 0 Å². The third-order valence-corrected chi connectivity index (χ3v) is 5.10. The lowest BCUT2D eigenvalue weighted by atomic mass is 9.75. The Bertz CT molecular complexity index is 169. The first-order valence-corrected chi connectivity index (χ1v) is 8.36. The van der Waals surface area contributed by atoms with Crippen LogP contribution in [0.3, 0.4) is 0 Å². The van der Waals surface area contributed by atoms with Gasteiger partial charge in [0.2, 0.25) is 0 Å². The number of hydrogen-bond donors (Lipinski definition) is 1. The Labute approximate surface area is 110 Å². The van der Waals surface area contributed by atoms with E-state index in [1.54, 1.807) is 0 Å². The van der Waals surface area contributed by atoms with Crippen molar-refractivity contribution in [3.8, 4) is 0 Å². The van der Waals surface area contributed by atoms with Crippen LogP contribution in [0.1, 0.15) is 45.4 Å². The van der Waals surface area contributed by atoms with E-state index >= 15 is 0 Å². The van der Waals surface area contributed by atoms with Crippen LogP contribution in [0.15, 0.2) is 0 Å². The summed E-state index contributed by atoms with van der Waals surface area (Å²) in [6.45, 7) is 4.52. The van der Waals surface area contributed by atoms with E-state index in [2.05, 4.69) is 12.2 Å². The lowest BCUT2D eigenvalue weighted by molar-refractivity contribution is 0.213. The summed E-state index contributed by atoms with van der Waals surface area (Å²) in [5.74, 6) is 3.37. The molecule has 1 saturated carbocycles. The summed E-state index contributed by atoms with van der Waals surface area (Å²) in [4.78, 5) is 0. The lowest BCUT2D eigenvalue weighted by Crippen LogP contribution is -2.38. The molecule has 1 N–H and O–H groups in total. The molecule has 96 valence electrons. The molecule has 16 heavy (non-hydrogen) atoms. The van der Waals surface area contributed by atoms with Crippen molar-refractivity contribution < 1.29 is 0 Å². The van der Waals surface area contributed by atoms with E-state index < -0.39 is 0 Å². The van der Waals surface area contributed by atoms with Gasteiger partial charge in [-0.1, -0.05) is 26.2 Å². The molecule has 0 heterocycles. The average Bonchev–Trinajstić information content (AvgIpc) is 2.35. The van der Waals surface area contributed by atoms with Crippen LogP contribution in [-0.2, 0) is 0 Å². The maximum atomic E-state index is 6.16. The van der Waals surface area contributed by atoms with E-state index in [4.69, 9.17) is 11.6 Å². The van der Waals surface area contributed by atoms with E-state index in [0.29, 0.717) is 5.41 Å². The fourth-order valence-corrected chi connectivity index (χ4v) is 3.46.